The summed E-state index contributed by atoms with van der Waals surface area (Å²) in [6, 6.07) is 8.58. The smallest absolute Gasteiger partial charge is 0.225 e. The van der Waals surface area contributed by atoms with Crippen molar-refractivity contribution in [3.8, 4) is 0 Å². The number of carbonyl (C=O) groups excluding carboxylic acids is 1. The number of thioether (sulfide) groups is 1. The molecule has 1 saturated carbocycles. The number of fused-ring (bicyclic) bond motifs is 1. The van der Waals surface area contributed by atoms with Crippen LogP contribution in [0.3, 0.4) is 0 Å². The normalized spacial score (nSPS) is 28.4. The molecule has 3 nitrogen and oxygen atoms in total. The van der Waals surface area contributed by atoms with Crippen LogP contribution >= 0.6 is 24.2 Å². The molecule has 1 heterocycles. The van der Waals surface area contributed by atoms with Gasteiger partial charge in [-0.25, -0.2) is 0 Å². The first-order valence-corrected chi connectivity index (χ1v) is 8.02. The van der Waals surface area contributed by atoms with E-state index < -0.39 is 0 Å². The molecule has 1 fully saturated rings. The number of benzene rings is 1. The lowest BCUT2D eigenvalue weighted by Gasteiger charge is -2.27. The summed E-state index contributed by atoms with van der Waals surface area (Å²) in [6.07, 6.45) is 4.01. The number of halogens is 1. The zero-order valence-electron chi connectivity index (χ0n) is 11.4. The molecule has 3 N–H and O–H groups in total. The zero-order chi connectivity index (χ0) is 13.2. The molecule has 1 aromatic rings. The van der Waals surface area contributed by atoms with Crippen molar-refractivity contribution in [2.45, 2.75) is 42.7 Å². The first kappa shape index (κ1) is 15.7. The third kappa shape index (κ3) is 3.13. The summed E-state index contributed by atoms with van der Waals surface area (Å²) in [5.74, 6) is 1.23. The summed E-state index contributed by atoms with van der Waals surface area (Å²) in [7, 11) is 0. The van der Waals surface area contributed by atoms with Crippen molar-refractivity contribution >= 4 is 30.1 Å². The van der Waals surface area contributed by atoms with E-state index in [-0.39, 0.29) is 36.3 Å². The summed E-state index contributed by atoms with van der Waals surface area (Å²) in [5.41, 5.74) is 7.28. The van der Waals surface area contributed by atoms with Gasteiger partial charge in [-0.15, -0.1) is 24.2 Å². The van der Waals surface area contributed by atoms with Crippen molar-refractivity contribution in [2.75, 3.05) is 5.75 Å². The van der Waals surface area contributed by atoms with Gasteiger partial charge in [-0.1, -0.05) is 24.6 Å². The molecule has 3 unspecified atom stereocenters. The topological polar surface area (TPSA) is 55.1 Å². The van der Waals surface area contributed by atoms with Crippen LogP contribution in [0.1, 0.15) is 37.3 Å². The van der Waals surface area contributed by atoms with E-state index in [1.54, 1.807) is 0 Å². The number of carbonyl (C=O) groups is 1. The van der Waals surface area contributed by atoms with Gasteiger partial charge in [0.2, 0.25) is 5.91 Å². The van der Waals surface area contributed by atoms with Gasteiger partial charge in [0, 0.05) is 16.7 Å². The summed E-state index contributed by atoms with van der Waals surface area (Å²) in [5, 5.41) is 3.22. The predicted molar refractivity (Wildman–Crippen MR) is 85.2 cm³/mol. The molecule has 3 rings (SSSR count). The fourth-order valence-electron chi connectivity index (χ4n) is 3.09. The minimum absolute atomic E-state index is 0. The van der Waals surface area contributed by atoms with Gasteiger partial charge in [0.15, 0.2) is 0 Å². The molecule has 0 spiro atoms. The van der Waals surface area contributed by atoms with Gasteiger partial charge in [-0.05, 0) is 30.9 Å². The van der Waals surface area contributed by atoms with Crippen molar-refractivity contribution in [3.05, 3.63) is 29.8 Å². The predicted octanol–water partition coefficient (Wildman–Crippen LogP) is 2.89. The van der Waals surface area contributed by atoms with Crippen LogP contribution in [0.5, 0.6) is 0 Å². The summed E-state index contributed by atoms with van der Waals surface area (Å²) in [6.45, 7) is 0. The number of rotatable bonds is 2. The lowest BCUT2D eigenvalue weighted by atomic mass is 9.99. The van der Waals surface area contributed by atoms with E-state index in [9.17, 15) is 4.79 Å². The number of nitrogens with two attached hydrogens (primary N) is 1. The monoisotopic (exact) mass is 312 g/mol. The molecule has 0 radical (unpaired) electrons. The number of hydrogen-bond acceptors (Lipinski definition) is 3. The summed E-state index contributed by atoms with van der Waals surface area (Å²) >= 11 is 1.88. The molecule has 110 valence electrons. The third-order valence-electron chi connectivity index (χ3n) is 4.18. The molecular formula is C15H21ClN2OS. The molecule has 1 aliphatic carbocycles. The Balaban J connectivity index is 0.00000147. The molecule has 1 aromatic carbocycles. The molecule has 3 atom stereocenters. The Morgan fingerprint density at radius 3 is 2.80 bits per heavy atom. The van der Waals surface area contributed by atoms with Gasteiger partial charge in [0.25, 0.3) is 0 Å². The molecule has 20 heavy (non-hydrogen) atoms. The second-order valence-corrected chi connectivity index (χ2v) is 6.57. The molecular weight excluding hydrogens is 292 g/mol. The SMILES string of the molecule is Cl.NC1CCCC1C(=O)NC1CCSc2ccccc21. The molecule has 0 aromatic heterocycles. The second kappa shape index (κ2) is 6.83. The highest BCUT2D eigenvalue weighted by Crippen LogP contribution is 2.36. The molecule has 1 amide bonds. The maximum Gasteiger partial charge on any atom is 0.225 e. The zero-order valence-corrected chi connectivity index (χ0v) is 13.0. The van der Waals surface area contributed by atoms with E-state index in [0.29, 0.717) is 0 Å². The Morgan fingerprint density at radius 2 is 2.05 bits per heavy atom. The molecule has 1 aliphatic heterocycles. The highest BCUT2D eigenvalue weighted by Gasteiger charge is 2.32. The lowest BCUT2D eigenvalue weighted by molar-refractivity contribution is -0.126. The highest BCUT2D eigenvalue weighted by molar-refractivity contribution is 7.99. The molecule has 0 bridgehead atoms. The first-order valence-electron chi connectivity index (χ1n) is 7.03. The quantitative estimate of drug-likeness (QED) is 0.883. The van der Waals surface area contributed by atoms with Crippen molar-refractivity contribution in [1.29, 1.82) is 0 Å². The van der Waals surface area contributed by atoms with Crippen molar-refractivity contribution in [2.24, 2.45) is 11.7 Å². The van der Waals surface area contributed by atoms with E-state index in [2.05, 4.69) is 23.5 Å². The van der Waals surface area contributed by atoms with E-state index >= 15 is 0 Å². The van der Waals surface area contributed by atoms with Gasteiger partial charge >= 0.3 is 0 Å². The van der Waals surface area contributed by atoms with E-state index in [0.717, 1.165) is 31.4 Å². The highest BCUT2D eigenvalue weighted by atomic mass is 35.5. The van der Waals surface area contributed by atoms with Gasteiger partial charge in [0.1, 0.15) is 0 Å². The summed E-state index contributed by atoms with van der Waals surface area (Å²) < 4.78 is 0. The Bertz CT molecular complexity index is 483. The maximum absolute atomic E-state index is 12.3. The van der Waals surface area contributed by atoms with E-state index in [1.165, 1.54) is 10.5 Å². The third-order valence-corrected chi connectivity index (χ3v) is 5.30. The Morgan fingerprint density at radius 1 is 1.25 bits per heavy atom. The fraction of sp³-hybridized carbons (Fsp3) is 0.533. The van der Waals surface area contributed by atoms with Gasteiger partial charge < -0.3 is 11.1 Å². The van der Waals surface area contributed by atoms with Crippen molar-refractivity contribution < 1.29 is 4.79 Å². The Hall–Kier alpha value is -0.710. The maximum atomic E-state index is 12.3. The first-order chi connectivity index (χ1) is 9.25. The average Bonchev–Trinajstić information content (AvgIpc) is 2.85. The number of amides is 1. The van der Waals surface area contributed by atoms with E-state index in [4.69, 9.17) is 5.73 Å². The van der Waals surface area contributed by atoms with Crippen molar-refractivity contribution in [1.82, 2.24) is 5.32 Å². The average molecular weight is 313 g/mol. The standard InChI is InChI=1S/C15H20N2OS.ClH/c16-12-6-3-5-10(12)15(18)17-13-8-9-19-14-7-2-1-4-11(13)14;/h1-2,4,7,10,12-13H,3,5-6,8-9,16H2,(H,17,18);1H. The second-order valence-electron chi connectivity index (χ2n) is 5.44. The van der Waals surface area contributed by atoms with Crippen LogP contribution in [-0.4, -0.2) is 17.7 Å². The Kier molecular flexibility index (Phi) is 5.35. The number of nitrogens with one attached hydrogen (secondary N) is 1. The molecule has 0 saturated heterocycles. The van der Waals surface area contributed by atoms with Gasteiger partial charge in [-0.2, -0.15) is 0 Å². The van der Waals surface area contributed by atoms with Crippen molar-refractivity contribution in [3.63, 3.8) is 0 Å². The Labute approximate surface area is 130 Å². The minimum Gasteiger partial charge on any atom is -0.349 e. The lowest BCUT2D eigenvalue weighted by Crippen LogP contribution is -2.40. The van der Waals surface area contributed by atoms with Crippen LogP contribution in [0.2, 0.25) is 0 Å². The largest absolute Gasteiger partial charge is 0.349 e. The molecule has 2 aliphatic rings. The number of hydrogen-bond donors (Lipinski definition) is 2. The summed E-state index contributed by atoms with van der Waals surface area (Å²) in [4.78, 5) is 13.6. The van der Waals surface area contributed by atoms with Gasteiger partial charge in [-0.3, -0.25) is 4.79 Å². The van der Waals surface area contributed by atoms with E-state index in [1.807, 2.05) is 17.8 Å². The molecule has 5 heteroatoms. The van der Waals surface area contributed by atoms with Crippen LogP contribution < -0.4 is 11.1 Å². The van der Waals surface area contributed by atoms with Crippen LogP contribution in [0.15, 0.2) is 29.2 Å². The van der Waals surface area contributed by atoms with Crippen LogP contribution in [0.25, 0.3) is 0 Å². The van der Waals surface area contributed by atoms with Gasteiger partial charge in [0.05, 0.1) is 12.0 Å². The van der Waals surface area contributed by atoms with Crippen LogP contribution in [0.4, 0.5) is 0 Å². The van der Waals surface area contributed by atoms with Crippen LogP contribution in [0, 0.1) is 5.92 Å². The minimum atomic E-state index is 0. The van der Waals surface area contributed by atoms with Crippen LogP contribution in [-0.2, 0) is 4.79 Å². The fourth-order valence-corrected chi connectivity index (χ4v) is 4.21.